The van der Waals surface area contributed by atoms with E-state index in [1.54, 1.807) is 4.74 Å². The van der Waals surface area contributed by atoms with Crippen LogP contribution in [0.15, 0.2) is 47.6 Å². The van der Waals surface area contributed by atoms with Gasteiger partial charge in [-0.15, -0.1) is 0 Å². The van der Waals surface area contributed by atoms with Crippen LogP contribution in [0.25, 0.3) is 0 Å². The van der Waals surface area contributed by atoms with E-state index in [2.05, 4.69) is 9.47 Å². The zero-order valence-electron chi connectivity index (χ0n) is 36.5. The van der Waals surface area contributed by atoms with Crippen molar-refractivity contribution in [1.29, 1.82) is 0 Å². The quantitative estimate of drug-likeness (QED) is 0.107. The van der Waals surface area contributed by atoms with Crippen LogP contribution in [0.3, 0.4) is 0 Å². The zero-order chi connectivity index (χ0) is 66.4. The number of hydrogen-bond acceptors (Lipinski definition) is 4. The fourth-order valence-corrected chi connectivity index (χ4v) is 2.64. The molecule has 0 bridgehead atoms. The molecular weight excluding hydrogens is 1280 g/mol. The van der Waals surface area contributed by atoms with Crippen molar-refractivity contribution in [1.82, 2.24) is 0 Å². The molecule has 0 fully saturated rings. The van der Waals surface area contributed by atoms with Gasteiger partial charge in [-0.2, -0.15) is 162 Å². The Morgan fingerprint density at radius 2 is 0.570 bits per heavy atom. The van der Waals surface area contributed by atoms with E-state index in [9.17, 15) is 198 Å². The lowest BCUT2D eigenvalue weighted by Crippen LogP contribution is -2.58. The molecule has 0 aliphatic heterocycles. The average molecular weight is 1300 g/mol. The second-order valence-corrected chi connectivity index (χ2v) is 11.5. The fourth-order valence-electron chi connectivity index (χ4n) is 2.64. The average Bonchev–Trinajstić information content (AvgIpc) is 3.27. The summed E-state index contributed by atoms with van der Waals surface area (Å²) in [6.45, 7) is -6.07. The van der Waals surface area contributed by atoms with Gasteiger partial charge in [0.05, 0.1) is 21.5 Å². The van der Waals surface area contributed by atoms with Crippen LogP contribution >= 0.6 is 0 Å². The van der Waals surface area contributed by atoms with Crippen molar-refractivity contribution in [2.75, 3.05) is 34.9 Å². The Labute approximate surface area is 405 Å². The smallest absolute Gasteiger partial charge is 0.255 e. The molecule has 0 radical (unpaired) electrons. The highest BCUT2D eigenvalue weighted by molar-refractivity contribution is 5.04. The lowest BCUT2D eigenvalue weighted by Gasteiger charge is -2.32. The molecule has 4 nitrogen and oxygen atoms in total. The molecule has 79 heavy (non-hydrogen) atoms. The second-order valence-electron chi connectivity index (χ2n) is 11.5. The molecule has 0 aromatic heterocycles. The molecule has 0 spiro atoms. The maximum Gasteiger partial charge on any atom is 0.430 e. The van der Waals surface area contributed by atoms with Crippen molar-refractivity contribution in [3.8, 4) is 0 Å². The summed E-state index contributed by atoms with van der Waals surface area (Å²) >= 11 is 0. The van der Waals surface area contributed by atoms with Gasteiger partial charge >= 0.3 is 97.1 Å². The zero-order valence-corrected chi connectivity index (χ0v) is 36.5. The molecular formula is C30H21F45O4. The number of hydrogen-bond donors (Lipinski definition) is 0. The van der Waals surface area contributed by atoms with Gasteiger partial charge in [-0.05, 0) is 6.42 Å². The van der Waals surface area contributed by atoms with E-state index < -0.39 is 159 Å². The van der Waals surface area contributed by atoms with Crippen molar-refractivity contribution in [2.24, 2.45) is 0 Å². The van der Waals surface area contributed by atoms with Crippen molar-refractivity contribution in [2.45, 2.75) is 105 Å². The molecule has 0 aromatic rings. The Kier molecular flexibility index (Phi) is 36.9. The summed E-state index contributed by atoms with van der Waals surface area (Å²) in [4.78, 5) is 0. The lowest BCUT2D eigenvalue weighted by molar-refractivity contribution is -0.452. The van der Waals surface area contributed by atoms with Crippen LogP contribution in [0.1, 0.15) is 19.8 Å². The first-order chi connectivity index (χ1) is 34.6. The lowest BCUT2D eigenvalue weighted by atomic mass is 10.0. The summed E-state index contributed by atoms with van der Waals surface area (Å²) in [5.74, 6) is -33.9. The van der Waals surface area contributed by atoms with Gasteiger partial charge < -0.3 is 0 Å². The Bertz CT molecular complexity index is 1870. The first kappa shape index (κ1) is 88.5. The molecule has 1 atom stereocenters. The van der Waals surface area contributed by atoms with E-state index in [0.717, 1.165) is 0 Å². The van der Waals surface area contributed by atoms with Crippen molar-refractivity contribution in [3.63, 3.8) is 0 Å². The van der Waals surface area contributed by atoms with Crippen LogP contribution in [0, 0.1) is 0 Å². The second kappa shape index (κ2) is 32.9. The summed E-state index contributed by atoms with van der Waals surface area (Å²) in [6, 6.07) is 0. The molecule has 0 aliphatic carbocycles. The first-order valence-corrected chi connectivity index (χ1v) is 16.7. The monoisotopic (exact) mass is 1300 g/mol. The van der Waals surface area contributed by atoms with E-state index in [-0.39, 0.29) is 0 Å². The molecule has 480 valence electrons. The van der Waals surface area contributed by atoms with Gasteiger partial charge in [0.15, 0.2) is 13.3 Å². The van der Waals surface area contributed by atoms with Crippen LogP contribution in [-0.2, 0) is 18.9 Å². The van der Waals surface area contributed by atoms with Gasteiger partial charge in [-0.25, -0.2) is 40.9 Å². The van der Waals surface area contributed by atoms with Crippen LogP contribution in [0.2, 0.25) is 0 Å². The number of alkyl halides is 33. The minimum Gasteiger partial charge on any atom is -0.255 e. The Morgan fingerprint density at radius 1 is 0.342 bits per heavy atom. The number of rotatable bonds is 21. The van der Waals surface area contributed by atoms with Gasteiger partial charge in [-0.3, -0.25) is 13.2 Å². The predicted octanol–water partition coefficient (Wildman–Crippen LogP) is 19.0. The molecule has 0 amide bonds. The largest absolute Gasteiger partial charge is 0.430 e. The minimum atomic E-state index is -6.86. The third-order valence-electron chi connectivity index (χ3n) is 6.07. The highest BCUT2D eigenvalue weighted by Crippen LogP contribution is 2.51. The highest BCUT2D eigenvalue weighted by atomic mass is 19.4. The van der Waals surface area contributed by atoms with E-state index in [1.165, 1.54) is 0 Å². The SMILES string of the molecule is CCC(F)(C(F)F)C(F)(F)OC(F)(F)C(F)=C(F)F.CF.CF.CF.FC(F)=C(F)C(F)(F)OC(F)(F)CC(F)(F)F.FCC(F)(F)C(F)(F)C(F)(F)OC(F)(F)C(F)=C(F)F.FCC(F)(F)C(F)(F)OC(F)(F)C(F)=C(F)F. The maximum absolute atomic E-state index is 13.1. The third kappa shape index (κ3) is 27.8. The summed E-state index contributed by atoms with van der Waals surface area (Å²) in [7, 11) is 1.50. The number of halogens is 45. The van der Waals surface area contributed by atoms with Crippen molar-refractivity contribution >= 4 is 0 Å². The van der Waals surface area contributed by atoms with Gasteiger partial charge in [-0.1, -0.05) is 6.92 Å². The minimum absolute atomic E-state index is 0.448. The van der Waals surface area contributed by atoms with E-state index in [4.69, 9.17) is 0 Å². The molecule has 0 rings (SSSR count). The Balaban J connectivity index is -0.000000170. The van der Waals surface area contributed by atoms with Crippen LogP contribution < -0.4 is 0 Å². The Hall–Kier alpha value is -4.35. The van der Waals surface area contributed by atoms with Gasteiger partial charge in [0.25, 0.3) is 35.4 Å². The van der Waals surface area contributed by atoms with E-state index in [1.807, 2.05) is 4.74 Å². The van der Waals surface area contributed by atoms with Gasteiger partial charge in [0, 0.05) is 0 Å². The first-order valence-electron chi connectivity index (χ1n) is 16.7. The van der Waals surface area contributed by atoms with Crippen LogP contribution in [-0.4, -0.2) is 120 Å². The molecule has 0 N–H and O–H groups in total. The van der Waals surface area contributed by atoms with Crippen molar-refractivity contribution < 1.29 is 217 Å². The molecule has 49 heteroatoms. The maximum atomic E-state index is 13.1. The summed E-state index contributed by atoms with van der Waals surface area (Å²) < 4.78 is 541. The van der Waals surface area contributed by atoms with Gasteiger partial charge in [0.1, 0.15) is 6.42 Å². The summed E-state index contributed by atoms with van der Waals surface area (Å²) in [5, 5.41) is 0. The highest BCUT2D eigenvalue weighted by Gasteiger charge is 2.76. The normalized spacial score (nSPS) is 13.7. The Morgan fingerprint density at radius 3 is 0.772 bits per heavy atom. The van der Waals surface area contributed by atoms with Gasteiger partial charge in [0.2, 0.25) is 0 Å². The summed E-state index contributed by atoms with van der Waals surface area (Å²) in [5.41, 5.74) is -4.89. The third-order valence-corrected chi connectivity index (χ3v) is 6.07. The van der Waals surface area contributed by atoms with Crippen LogP contribution in [0.4, 0.5) is 198 Å². The molecule has 0 saturated carbocycles. The predicted molar refractivity (Wildman–Crippen MR) is 164 cm³/mol. The number of ether oxygens (including phenoxy) is 4. The summed E-state index contributed by atoms with van der Waals surface area (Å²) in [6.07, 6.45) is -78.6. The standard InChI is InChI=1S/C8H6F10O.C7H2F12O.2C6H2F10O.3CH3F/c1-2-6(14,5(12)13)8(17,18)19-7(15,16)3(9)4(10)11;8-1-4(12,13)6(16,17)7(18,19)20-5(14,15)2(9)3(10)11;7-1-4(11,12)6(15,16)17-5(13,14)2(8)3(9)10;7-2(3(8)9)6(15,16)17-5(13,14)1-4(10,11)12;3*1-2/h5H,2H2,1H3;1H2;2*1H2;3*1H3. The molecule has 0 aromatic carbocycles. The topological polar surface area (TPSA) is 36.9 Å². The molecule has 0 heterocycles. The van der Waals surface area contributed by atoms with E-state index >= 15 is 0 Å². The fraction of sp³-hybridized carbons (Fsp3) is 0.733. The molecule has 0 saturated heterocycles. The molecule has 1 unspecified atom stereocenters. The van der Waals surface area contributed by atoms with Crippen LogP contribution in [0.5, 0.6) is 0 Å². The van der Waals surface area contributed by atoms with E-state index in [0.29, 0.717) is 28.5 Å². The molecule has 0 aliphatic rings. The van der Waals surface area contributed by atoms with Crippen molar-refractivity contribution in [3.05, 3.63) is 47.6 Å².